The molecule has 0 saturated heterocycles. The normalized spacial score (nSPS) is 13.0. The minimum absolute atomic E-state index is 0.0179. The Morgan fingerprint density at radius 1 is 0.386 bits per heavy atom. The van der Waals surface area contributed by atoms with Crippen LogP contribution in [0.5, 0.6) is 0 Å². The van der Waals surface area contributed by atoms with Gasteiger partial charge in [0.25, 0.3) is 6.71 Å². The predicted molar refractivity (Wildman–Crippen MR) is 302 cm³/mol. The van der Waals surface area contributed by atoms with E-state index in [2.05, 4.69) is 253 Å². The number of hydrogen-bond donors (Lipinski definition) is 0. The quantitative estimate of drug-likeness (QED) is 0.157. The molecule has 3 nitrogen and oxygen atoms in total. The summed E-state index contributed by atoms with van der Waals surface area (Å²) in [6.45, 7) is 22.7. The van der Waals surface area contributed by atoms with E-state index in [1.165, 1.54) is 127 Å². The predicted octanol–water partition coefficient (Wildman–Crippen LogP) is 15.7. The van der Waals surface area contributed by atoms with Crippen LogP contribution in [0.1, 0.15) is 74.9 Å². The van der Waals surface area contributed by atoms with Gasteiger partial charge < -0.3 is 14.0 Å². The maximum atomic E-state index is 2.64. The third-order valence-corrected chi connectivity index (χ3v) is 15.6. The first-order chi connectivity index (χ1) is 33.6. The van der Waals surface area contributed by atoms with Crippen molar-refractivity contribution in [2.75, 3.05) is 4.90 Å². The van der Waals surface area contributed by atoms with Crippen molar-refractivity contribution in [3.8, 4) is 33.6 Å². The number of hydrogen-bond acceptors (Lipinski definition) is 1. The van der Waals surface area contributed by atoms with Crippen molar-refractivity contribution in [1.82, 2.24) is 9.13 Å². The van der Waals surface area contributed by atoms with Gasteiger partial charge in [0.1, 0.15) is 0 Å². The Hall–Kier alpha value is -7.56. The SMILES string of the molecule is Cc1ccc2c(c1)c1cc(C)cc3c1n2-c1ccc(N(c2ccc(-c4ccc(C(C)(C)C)cc4)cc2)c2ccc(-c4ccc(C(C)(C)C)cc4)cc2)c2c1B3c1cc(C)cc3c4cc(C)ccc4n-2c13. The molecule has 0 spiro atoms. The highest BCUT2D eigenvalue weighted by Crippen LogP contribution is 2.46. The van der Waals surface area contributed by atoms with E-state index < -0.39 is 0 Å². The van der Waals surface area contributed by atoms with E-state index in [1.54, 1.807) is 0 Å². The van der Waals surface area contributed by atoms with Gasteiger partial charge in [0.2, 0.25) is 0 Å². The first-order valence-electron chi connectivity index (χ1n) is 25.1. The van der Waals surface area contributed by atoms with Crippen molar-refractivity contribution in [2.24, 2.45) is 0 Å². The van der Waals surface area contributed by atoms with Gasteiger partial charge >= 0.3 is 0 Å². The van der Waals surface area contributed by atoms with Crippen LogP contribution in [0.2, 0.25) is 0 Å². The molecule has 0 N–H and O–H groups in total. The fourth-order valence-corrected chi connectivity index (χ4v) is 12.1. The van der Waals surface area contributed by atoms with Gasteiger partial charge in [-0.05, 0) is 161 Å². The Bertz CT molecular complexity index is 3860. The molecule has 2 aromatic heterocycles. The number of anilines is 3. The Labute approximate surface area is 412 Å². The van der Waals surface area contributed by atoms with Crippen molar-refractivity contribution in [3.05, 3.63) is 203 Å². The van der Waals surface area contributed by atoms with Crippen molar-refractivity contribution in [3.63, 3.8) is 0 Å². The Kier molecular flexibility index (Phi) is 9.10. The second-order valence-electron chi connectivity index (χ2n) is 22.6. The van der Waals surface area contributed by atoms with Crippen LogP contribution in [0.3, 0.4) is 0 Å². The maximum Gasteiger partial charge on any atom is 0.252 e. The molecule has 2 aliphatic rings. The van der Waals surface area contributed by atoms with E-state index >= 15 is 0 Å². The lowest BCUT2D eigenvalue weighted by Crippen LogP contribution is -2.59. The summed E-state index contributed by atoms with van der Waals surface area (Å²) in [6.07, 6.45) is 0. The van der Waals surface area contributed by atoms with E-state index in [1.807, 2.05) is 0 Å². The van der Waals surface area contributed by atoms with Crippen molar-refractivity contribution in [1.29, 1.82) is 0 Å². The van der Waals surface area contributed by atoms with Crippen LogP contribution >= 0.6 is 0 Å². The minimum Gasteiger partial charge on any atom is -0.310 e. The highest BCUT2D eigenvalue weighted by molar-refractivity contribution is 7.00. The van der Waals surface area contributed by atoms with Crippen LogP contribution in [0, 0.1) is 27.7 Å². The summed E-state index contributed by atoms with van der Waals surface area (Å²) in [5, 5.41) is 5.26. The van der Waals surface area contributed by atoms with Crippen molar-refractivity contribution < 1.29 is 0 Å². The van der Waals surface area contributed by atoms with Crippen LogP contribution < -0.4 is 21.3 Å². The third-order valence-electron chi connectivity index (χ3n) is 15.6. The molecule has 0 bridgehead atoms. The first kappa shape index (κ1) is 42.5. The molecular weight excluding hydrogens is 846 g/mol. The van der Waals surface area contributed by atoms with Crippen molar-refractivity contribution >= 4 is 83.8 Å². The van der Waals surface area contributed by atoms with Gasteiger partial charge in [-0.25, -0.2) is 0 Å². The van der Waals surface area contributed by atoms with Gasteiger partial charge in [-0.15, -0.1) is 0 Å². The Morgan fingerprint density at radius 2 is 0.786 bits per heavy atom. The smallest absolute Gasteiger partial charge is 0.252 e. The molecule has 70 heavy (non-hydrogen) atoms. The Balaban J connectivity index is 1.10. The molecule has 9 aromatic carbocycles. The molecule has 0 fully saturated rings. The zero-order chi connectivity index (χ0) is 48.1. The monoisotopic (exact) mass is 903 g/mol. The summed E-state index contributed by atoms with van der Waals surface area (Å²) in [5.74, 6) is 0. The molecule has 0 radical (unpaired) electrons. The van der Waals surface area contributed by atoms with Gasteiger partial charge in [0.15, 0.2) is 0 Å². The molecule has 0 unspecified atom stereocenters. The van der Waals surface area contributed by atoms with Gasteiger partial charge in [-0.3, -0.25) is 0 Å². The van der Waals surface area contributed by atoms with E-state index in [4.69, 9.17) is 0 Å². The van der Waals surface area contributed by atoms with E-state index in [9.17, 15) is 0 Å². The Morgan fingerprint density at radius 3 is 1.23 bits per heavy atom. The minimum atomic E-state index is 0.0179. The number of benzene rings is 9. The molecule has 0 amide bonds. The summed E-state index contributed by atoms with van der Waals surface area (Å²) >= 11 is 0. The number of aryl methyl sites for hydroxylation is 4. The number of nitrogens with zero attached hydrogens (tertiary/aromatic N) is 3. The molecular formula is C66H58BN3. The lowest BCUT2D eigenvalue weighted by molar-refractivity contribution is 0.590. The summed E-state index contributed by atoms with van der Waals surface area (Å²) in [6, 6.07) is 65.5. The number of rotatable bonds is 5. The third kappa shape index (κ3) is 6.35. The maximum absolute atomic E-state index is 2.64. The summed E-state index contributed by atoms with van der Waals surface area (Å²) in [4.78, 5) is 2.52. The summed E-state index contributed by atoms with van der Waals surface area (Å²) in [5.41, 5.74) is 27.9. The highest BCUT2D eigenvalue weighted by atomic mass is 15.2. The van der Waals surface area contributed by atoms with Gasteiger partial charge in [0.05, 0.1) is 22.4 Å². The van der Waals surface area contributed by atoms with E-state index in [-0.39, 0.29) is 17.5 Å². The molecule has 2 aliphatic heterocycles. The van der Waals surface area contributed by atoms with Crippen LogP contribution in [-0.2, 0) is 10.8 Å². The molecule has 0 saturated carbocycles. The van der Waals surface area contributed by atoms with Crippen LogP contribution in [0.15, 0.2) is 170 Å². The van der Waals surface area contributed by atoms with E-state index in [0.717, 1.165) is 17.1 Å². The lowest BCUT2D eigenvalue weighted by atomic mass is 9.34. The first-order valence-corrected chi connectivity index (χ1v) is 25.1. The number of aromatic nitrogens is 2. The zero-order valence-electron chi connectivity index (χ0n) is 42.1. The second kappa shape index (κ2) is 15.0. The second-order valence-corrected chi connectivity index (χ2v) is 22.6. The summed E-state index contributed by atoms with van der Waals surface area (Å²) in [7, 11) is 0. The standard InChI is InChI=1S/C66H58BN3/c1-39-11-29-57-51(33-39)53-35-41(3)37-55-62(53)69(57)59-31-32-60(64-61(59)67(55)56-38-42(4)36-54-52-34-40(2)12-30-58(52)70(64)63(54)56)68(49-25-17-45(18-26-49)43-13-21-47(22-14-43)65(5,6)7)50-27-19-46(20-28-50)44-15-23-48(24-16-44)66(8,9)10/h11-38H,1-10H3. The van der Waals surface area contributed by atoms with Crippen LogP contribution in [0.4, 0.5) is 17.1 Å². The van der Waals surface area contributed by atoms with E-state index in [0.29, 0.717) is 0 Å². The van der Waals surface area contributed by atoms with Gasteiger partial charge in [0, 0.05) is 49.6 Å². The average Bonchev–Trinajstić information content (AvgIpc) is 3.83. The van der Waals surface area contributed by atoms with Crippen LogP contribution in [-0.4, -0.2) is 15.8 Å². The molecule has 340 valence electrons. The van der Waals surface area contributed by atoms with Crippen molar-refractivity contribution in [2.45, 2.75) is 80.1 Å². The number of fused-ring (bicyclic) bond motifs is 10. The van der Waals surface area contributed by atoms with Gasteiger partial charge in [-0.1, -0.05) is 161 Å². The fraction of sp³-hybridized carbons (Fsp3) is 0.182. The fourth-order valence-electron chi connectivity index (χ4n) is 12.1. The van der Waals surface area contributed by atoms with Crippen LogP contribution in [0.25, 0.3) is 77.2 Å². The molecule has 4 heterocycles. The zero-order valence-corrected chi connectivity index (χ0v) is 42.1. The average molecular weight is 904 g/mol. The highest BCUT2D eigenvalue weighted by Gasteiger charge is 2.43. The molecule has 0 atom stereocenters. The molecule has 4 heteroatoms. The largest absolute Gasteiger partial charge is 0.310 e. The molecule has 11 aromatic rings. The lowest BCUT2D eigenvalue weighted by Gasteiger charge is -2.37. The summed E-state index contributed by atoms with van der Waals surface area (Å²) < 4.78 is 5.23. The molecule has 13 rings (SSSR count). The topological polar surface area (TPSA) is 13.1 Å². The molecule has 0 aliphatic carbocycles. The van der Waals surface area contributed by atoms with Gasteiger partial charge in [-0.2, -0.15) is 0 Å².